The first-order chi connectivity index (χ1) is 6.15. The molecule has 0 aromatic rings. The van der Waals surface area contributed by atoms with Gasteiger partial charge in [0.15, 0.2) is 0 Å². The SMILES string of the molecule is [B]CCC[C@H]1C[C@H](N)C[C@H]1C(=O)O. The average Bonchev–Trinajstić information content (AvgIpc) is 2.43. The summed E-state index contributed by atoms with van der Waals surface area (Å²) in [6.07, 6.45) is 3.92. The Hall–Kier alpha value is -0.505. The van der Waals surface area contributed by atoms with Crippen molar-refractivity contribution in [1.29, 1.82) is 0 Å². The number of carboxylic acid groups (broad SMARTS) is 1. The van der Waals surface area contributed by atoms with Gasteiger partial charge in [0.05, 0.1) is 13.8 Å². The van der Waals surface area contributed by atoms with Gasteiger partial charge in [0.25, 0.3) is 0 Å². The van der Waals surface area contributed by atoms with Gasteiger partial charge < -0.3 is 10.8 Å². The summed E-state index contributed by atoms with van der Waals surface area (Å²) in [6, 6.07) is 0.0730. The van der Waals surface area contributed by atoms with Crippen molar-refractivity contribution in [1.82, 2.24) is 0 Å². The lowest BCUT2D eigenvalue weighted by Gasteiger charge is -2.14. The second-order valence-corrected chi connectivity index (χ2v) is 3.87. The van der Waals surface area contributed by atoms with E-state index in [4.69, 9.17) is 18.7 Å². The van der Waals surface area contributed by atoms with Crippen molar-refractivity contribution in [2.75, 3.05) is 0 Å². The molecule has 3 nitrogen and oxygen atoms in total. The third-order valence-electron chi connectivity index (χ3n) is 2.83. The zero-order valence-electron chi connectivity index (χ0n) is 7.78. The van der Waals surface area contributed by atoms with Gasteiger partial charge >= 0.3 is 5.97 Å². The maximum absolute atomic E-state index is 10.8. The molecule has 72 valence electrons. The van der Waals surface area contributed by atoms with Crippen LogP contribution in [0.3, 0.4) is 0 Å². The Kier molecular flexibility index (Phi) is 3.79. The van der Waals surface area contributed by atoms with Crippen LogP contribution in [0.25, 0.3) is 0 Å². The smallest absolute Gasteiger partial charge is 0.306 e. The number of hydrogen-bond donors (Lipinski definition) is 2. The minimum absolute atomic E-state index is 0.0730. The molecule has 0 unspecified atom stereocenters. The molecule has 0 aliphatic heterocycles. The van der Waals surface area contributed by atoms with E-state index in [1.54, 1.807) is 0 Å². The highest BCUT2D eigenvalue weighted by atomic mass is 16.4. The zero-order chi connectivity index (χ0) is 9.84. The summed E-state index contributed by atoms with van der Waals surface area (Å²) >= 11 is 0. The molecule has 0 heterocycles. The van der Waals surface area contributed by atoms with Crippen molar-refractivity contribution < 1.29 is 9.90 Å². The Balaban J connectivity index is 2.45. The lowest BCUT2D eigenvalue weighted by atomic mass is 9.88. The largest absolute Gasteiger partial charge is 0.481 e. The second kappa shape index (κ2) is 4.65. The van der Waals surface area contributed by atoms with Crippen LogP contribution in [0.15, 0.2) is 0 Å². The summed E-state index contributed by atoms with van der Waals surface area (Å²) in [6.45, 7) is 0. The first kappa shape index (κ1) is 10.6. The molecule has 1 rings (SSSR count). The van der Waals surface area contributed by atoms with E-state index in [-0.39, 0.29) is 17.9 Å². The maximum Gasteiger partial charge on any atom is 0.306 e. The van der Waals surface area contributed by atoms with Gasteiger partial charge in [-0.2, -0.15) is 0 Å². The molecule has 0 spiro atoms. The molecule has 0 bridgehead atoms. The molecule has 3 atom stereocenters. The summed E-state index contributed by atoms with van der Waals surface area (Å²) in [5, 5.41) is 8.91. The van der Waals surface area contributed by atoms with Crippen molar-refractivity contribution in [3.63, 3.8) is 0 Å². The molecule has 2 radical (unpaired) electrons. The molecule has 1 fully saturated rings. The fourth-order valence-corrected chi connectivity index (χ4v) is 2.17. The van der Waals surface area contributed by atoms with Gasteiger partial charge in [0.2, 0.25) is 0 Å². The van der Waals surface area contributed by atoms with Gasteiger partial charge in [-0.1, -0.05) is 19.2 Å². The van der Waals surface area contributed by atoms with Crippen molar-refractivity contribution in [2.45, 2.75) is 38.0 Å². The molecular formula is C9H16BNO2. The van der Waals surface area contributed by atoms with Crippen molar-refractivity contribution in [2.24, 2.45) is 17.6 Å². The van der Waals surface area contributed by atoms with E-state index in [2.05, 4.69) is 0 Å². The molecule has 13 heavy (non-hydrogen) atoms. The summed E-state index contributed by atoms with van der Waals surface area (Å²) in [5.74, 6) is -0.687. The molecule has 4 heteroatoms. The maximum atomic E-state index is 10.8. The van der Waals surface area contributed by atoms with E-state index >= 15 is 0 Å². The van der Waals surface area contributed by atoms with Crippen LogP contribution in [0.1, 0.15) is 25.7 Å². The summed E-state index contributed by atoms with van der Waals surface area (Å²) in [7, 11) is 5.38. The van der Waals surface area contributed by atoms with E-state index in [9.17, 15) is 4.79 Å². The molecule has 0 aromatic carbocycles. The number of carbonyl (C=O) groups is 1. The van der Waals surface area contributed by atoms with Gasteiger partial charge in [-0.15, -0.1) is 0 Å². The Morgan fingerprint density at radius 2 is 2.23 bits per heavy atom. The van der Waals surface area contributed by atoms with Crippen molar-refractivity contribution >= 4 is 13.8 Å². The fourth-order valence-electron chi connectivity index (χ4n) is 2.17. The molecular weight excluding hydrogens is 165 g/mol. The van der Waals surface area contributed by atoms with Gasteiger partial charge in [-0.05, 0) is 18.8 Å². The van der Waals surface area contributed by atoms with Crippen LogP contribution >= 0.6 is 0 Å². The van der Waals surface area contributed by atoms with E-state index < -0.39 is 5.97 Å². The third kappa shape index (κ3) is 2.73. The lowest BCUT2D eigenvalue weighted by Crippen LogP contribution is -2.19. The van der Waals surface area contributed by atoms with Crippen LogP contribution in [-0.4, -0.2) is 25.0 Å². The van der Waals surface area contributed by atoms with Gasteiger partial charge in [-0.3, -0.25) is 4.79 Å². The van der Waals surface area contributed by atoms with E-state index in [0.29, 0.717) is 12.7 Å². The zero-order valence-corrected chi connectivity index (χ0v) is 7.78. The summed E-state index contributed by atoms with van der Waals surface area (Å²) in [5.41, 5.74) is 5.73. The predicted molar refractivity (Wildman–Crippen MR) is 51.6 cm³/mol. The third-order valence-corrected chi connectivity index (χ3v) is 2.83. The van der Waals surface area contributed by atoms with Crippen molar-refractivity contribution in [3.8, 4) is 0 Å². The summed E-state index contributed by atoms with van der Waals surface area (Å²) < 4.78 is 0. The number of hydrogen-bond acceptors (Lipinski definition) is 2. The molecule has 1 aliphatic carbocycles. The highest BCUT2D eigenvalue weighted by Gasteiger charge is 2.36. The highest BCUT2D eigenvalue weighted by molar-refractivity contribution is 6.08. The second-order valence-electron chi connectivity index (χ2n) is 3.87. The monoisotopic (exact) mass is 181 g/mol. The number of aliphatic carboxylic acids is 1. The Morgan fingerprint density at radius 3 is 2.77 bits per heavy atom. The van der Waals surface area contributed by atoms with E-state index in [0.717, 1.165) is 19.3 Å². The van der Waals surface area contributed by atoms with Crippen LogP contribution < -0.4 is 5.73 Å². The quantitative estimate of drug-likeness (QED) is 0.630. The minimum atomic E-state index is -0.699. The van der Waals surface area contributed by atoms with Gasteiger partial charge in [0, 0.05) is 6.04 Å². The first-order valence-electron chi connectivity index (χ1n) is 4.83. The molecule has 3 N–H and O–H groups in total. The van der Waals surface area contributed by atoms with Crippen molar-refractivity contribution in [3.05, 3.63) is 0 Å². The van der Waals surface area contributed by atoms with Crippen LogP contribution in [0.5, 0.6) is 0 Å². The van der Waals surface area contributed by atoms with Crippen LogP contribution in [0.4, 0.5) is 0 Å². The molecule has 0 amide bonds. The number of rotatable bonds is 4. The van der Waals surface area contributed by atoms with E-state index in [1.165, 1.54) is 0 Å². The van der Waals surface area contributed by atoms with Gasteiger partial charge in [0.1, 0.15) is 0 Å². The Bertz CT molecular complexity index is 186. The average molecular weight is 181 g/mol. The molecule has 0 saturated heterocycles. The van der Waals surface area contributed by atoms with Gasteiger partial charge in [-0.25, -0.2) is 0 Å². The summed E-state index contributed by atoms with van der Waals surface area (Å²) in [4.78, 5) is 10.8. The van der Waals surface area contributed by atoms with Crippen LogP contribution in [0.2, 0.25) is 6.32 Å². The Labute approximate surface area is 80.1 Å². The Morgan fingerprint density at radius 1 is 1.54 bits per heavy atom. The highest BCUT2D eigenvalue weighted by Crippen LogP contribution is 2.34. The number of carboxylic acids is 1. The lowest BCUT2D eigenvalue weighted by molar-refractivity contribution is -0.143. The standard InChI is InChI=1S/C9H16BNO2/c10-3-1-2-6-4-7(11)5-8(6)9(12)13/h6-8H,1-5,11H2,(H,12,13)/t6-,7-,8+/m0/s1. The minimum Gasteiger partial charge on any atom is -0.481 e. The number of nitrogens with two attached hydrogens (primary N) is 1. The van der Waals surface area contributed by atoms with Crippen LogP contribution in [0, 0.1) is 11.8 Å². The van der Waals surface area contributed by atoms with E-state index in [1.807, 2.05) is 0 Å². The molecule has 1 aliphatic rings. The molecule has 1 saturated carbocycles. The normalized spacial score (nSPS) is 33.5. The fraction of sp³-hybridized carbons (Fsp3) is 0.889. The van der Waals surface area contributed by atoms with Crippen LogP contribution in [-0.2, 0) is 4.79 Å². The topological polar surface area (TPSA) is 63.3 Å². The predicted octanol–water partition coefficient (Wildman–Crippen LogP) is 0.791. The first-order valence-corrected chi connectivity index (χ1v) is 4.83. The molecule has 0 aromatic heterocycles.